The topological polar surface area (TPSA) is 92.8 Å². The van der Waals surface area contributed by atoms with E-state index in [1.807, 2.05) is 12.2 Å². The third-order valence-electron chi connectivity index (χ3n) is 4.45. The predicted molar refractivity (Wildman–Crippen MR) is 93.1 cm³/mol. The van der Waals surface area contributed by atoms with E-state index in [1.165, 1.54) is 12.1 Å². The summed E-state index contributed by atoms with van der Waals surface area (Å²) in [6, 6.07) is 3.61. The molecule has 2 unspecified atom stereocenters. The van der Waals surface area contributed by atoms with E-state index in [9.17, 15) is 23.6 Å². The standard InChI is InChI=1S/C18H16ClFN2O5/c19-13-7-10(5-6-14(13)20)21-15(23)9-27-16(24)8-22-17(25)11-3-1-2-4-12(11)18(22)26/h1-2,5-7,11-12H,3-4,8-9H2,(H,21,23). The number of allylic oxidation sites excluding steroid dienone is 2. The van der Waals surface area contributed by atoms with Crippen molar-refractivity contribution in [2.24, 2.45) is 11.8 Å². The number of ether oxygens (including phenoxy) is 1. The van der Waals surface area contributed by atoms with Crippen LogP contribution < -0.4 is 5.32 Å². The largest absolute Gasteiger partial charge is 0.454 e. The van der Waals surface area contributed by atoms with Gasteiger partial charge in [-0.2, -0.15) is 0 Å². The van der Waals surface area contributed by atoms with Crippen LogP contribution in [0.15, 0.2) is 30.4 Å². The molecule has 2 atom stereocenters. The van der Waals surface area contributed by atoms with Crippen molar-refractivity contribution in [3.63, 3.8) is 0 Å². The average molecular weight is 395 g/mol. The number of esters is 1. The van der Waals surface area contributed by atoms with Crippen molar-refractivity contribution in [2.75, 3.05) is 18.5 Å². The fourth-order valence-corrected chi connectivity index (χ4v) is 3.30. The second-order valence-corrected chi connectivity index (χ2v) is 6.66. The Balaban J connectivity index is 1.49. The number of hydrogen-bond acceptors (Lipinski definition) is 5. The monoisotopic (exact) mass is 394 g/mol. The third kappa shape index (κ3) is 4.16. The Hall–Kier alpha value is -2.74. The van der Waals surface area contributed by atoms with E-state index in [-0.39, 0.29) is 10.7 Å². The first-order valence-corrected chi connectivity index (χ1v) is 8.65. The molecule has 3 rings (SSSR count). The molecule has 1 heterocycles. The molecule has 1 aliphatic heterocycles. The highest BCUT2D eigenvalue weighted by atomic mass is 35.5. The highest BCUT2D eigenvalue weighted by Gasteiger charge is 2.47. The number of fused-ring (bicyclic) bond motifs is 1. The molecule has 2 aliphatic rings. The van der Waals surface area contributed by atoms with Gasteiger partial charge in [0.15, 0.2) is 6.61 Å². The average Bonchev–Trinajstić information content (AvgIpc) is 2.88. The minimum atomic E-state index is -0.865. The maximum atomic E-state index is 13.1. The van der Waals surface area contributed by atoms with Crippen molar-refractivity contribution in [3.8, 4) is 0 Å². The first-order valence-electron chi connectivity index (χ1n) is 8.27. The van der Waals surface area contributed by atoms with Crippen LogP contribution in [0.4, 0.5) is 10.1 Å². The SMILES string of the molecule is O=C(COC(=O)CN1C(=O)C2CC=CCC2C1=O)Nc1ccc(F)c(Cl)c1. The zero-order valence-corrected chi connectivity index (χ0v) is 14.9. The molecule has 142 valence electrons. The summed E-state index contributed by atoms with van der Waals surface area (Å²) in [5.41, 5.74) is 0.240. The van der Waals surface area contributed by atoms with Crippen LogP contribution in [-0.4, -0.2) is 41.7 Å². The quantitative estimate of drug-likeness (QED) is 0.468. The van der Waals surface area contributed by atoms with E-state index in [1.54, 1.807) is 0 Å². The lowest BCUT2D eigenvalue weighted by Gasteiger charge is -2.14. The Morgan fingerprint density at radius 3 is 2.41 bits per heavy atom. The molecule has 0 aromatic heterocycles. The minimum absolute atomic E-state index is 0.160. The Morgan fingerprint density at radius 2 is 1.81 bits per heavy atom. The number of carbonyl (C=O) groups excluding carboxylic acids is 4. The van der Waals surface area contributed by atoms with E-state index in [0.717, 1.165) is 11.0 Å². The maximum Gasteiger partial charge on any atom is 0.326 e. The van der Waals surface area contributed by atoms with E-state index in [0.29, 0.717) is 12.8 Å². The van der Waals surface area contributed by atoms with E-state index in [4.69, 9.17) is 16.3 Å². The number of amides is 3. The summed E-state index contributed by atoms with van der Waals surface area (Å²) in [5, 5.41) is 2.23. The van der Waals surface area contributed by atoms with Gasteiger partial charge in [-0.3, -0.25) is 24.1 Å². The van der Waals surface area contributed by atoms with Gasteiger partial charge in [0.2, 0.25) is 11.8 Å². The number of benzene rings is 1. The zero-order chi connectivity index (χ0) is 19.6. The summed E-state index contributed by atoms with van der Waals surface area (Å²) in [7, 11) is 0. The molecule has 1 aromatic carbocycles. The van der Waals surface area contributed by atoms with Crippen LogP contribution in [0.25, 0.3) is 0 Å². The Labute approximate surface area is 159 Å². The minimum Gasteiger partial charge on any atom is -0.454 e. The number of likely N-dealkylation sites (tertiary alicyclic amines) is 1. The predicted octanol–water partition coefficient (Wildman–Crippen LogP) is 1.91. The number of nitrogens with one attached hydrogen (secondary N) is 1. The lowest BCUT2D eigenvalue weighted by Crippen LogP contribution is -2.37. The van der Waals surface area contributed by atoms with Gasteiger partial charge in [0.25, 0.3) is 5.91 Å². The highest BCUT2D eigenvalue weighted by molar-refractivity contribution is 6.31. The van der Waals surface area contributed by atoms with Gasteiger partial charge in [-0.05, 0) is 31.0 Å². The first-order chi connectivity index (χ1) is 12.9. The first kappa shape index (κ1) is 19.0. The fourth-order valence-electron chi connectivity index (χ4n) is 3.12. The maximum absolute atomic E-state index is 13.1. The fraction of sp³-hybridized carbons (Fsp3) is 0.333. The number of imide groups is 1. The van der Waals surface area contributed by atoms with E-state index in [2.05, 4.69) is 5.32 Å². The van der Waals surface area contributed by atoms with Crippen molar-refractivity contribution < 1.29 is 28.3 Å². The number of anilines is 1. The smallest absolute Gasteiger partial charge is 0.326 e. The molecule has 1 aliphatic carbocycles. The van der Waals surface area contributed by atoms with E-state index >= 15 is 0 Å². The summed E-state index contributed by atoms with van der Waals surface area (Å²) in [6.45, 7) is -1.14. The number of carbonyl (C=O) groups is 4. The van der Waals surface area contributed by atoms with Crippen LogP contribution in [0.2, 0.25) is 5.02 Å². The van der Waals surface area contributed by atoms with Gasteiger partial charge in [0.05, 0.1) is 16.9 Å². The second-order valence-electron chi connectivity index (χ2n) is 6.26. The Morgan fingerprint density at radius 1 is 1.19 bits per heavy atom. The number of rotatable bonds is 5. The summed E-state index contributed by atoms with van der Waals surface area (Å²) in [5.74, 6) is -3.80. The van der Waals surface area contributed by atoms with Crippen molar-refractivity contribution >= 4 is 41.0 Å². The lowest BCUT2D eigenvalue weighted by molar-refractivity contribution is -0.154. The van der Waals surface area contributed by atoms with Gasteiger partial charge in [-0.15, -0.1) is 0 Å². The normalized spacial score (nSPS) is 21.2. The van der Waals surface area contributed by atoms with Crippen LogP contribution >= 0.6 is 11.6 Å². The number of halogens is 2. The molecule has 1 fully saturated rings. The molecule has 9 heteroatoms. The molecule has 1 N–H and O–H groups in total. The van der Waals surface area contributed by atoms with Crippen LogP contribution in [-0.2, 0) is 23.9 Å². The molecule has 27 heavy (non-hydrogen) atoms. The van der Waals surface area contributed by atoms with Crippen molar-refractivity contribution in [1.82, 2.24) is 4.90 Å². The number of nitrogens with zero attached hydrogens (tertiary/aromatic N) is 1. The molecule has 3 amide bonds. The van der Waals surface area contributed by atoms with Gasteiger partial charge in [-0.1, -0.05) is 23.8 Å². The molecule has 7 nitrogen and oxygen atoms in total. The molecule has 0 radical (unpaired) electrons. The summed E-state index contributed by atoms with van der Waals surface area (Å²) in [4.78, 5) is 49.1. The van der Waals surface area contributed by atoms with Crippen molar-refractivity contribution in [1.29, 1.82) is 0 Å². The lowest BCUT2D eigenvalue weighted by atomic mass is 9.85. The van der Waals surface area contributed by atoms with Crippen LogP contribution in [0, 0.1) is 17.7 Å². The van der Waals surface area contributed by atoms with Crippen LogP contribution in [0.5, 0.6) is 0 Å². The van der Waals surface area contributed by atoms with Gasteiger partial charge in [-0.25, -0.2) is 4.39 Å². The molecule has 0 saturated carbocycles. The molecule has 1 saturated heterocycles. The van der Waals surface area contributed by atoms with Crippen LogP contribution in [0.3, 0.4) is 0 Å². The summed E-state index contributed by atoms with van der Waals surface area (Å²) >= 11 is 5.61. The molecule has 1 aromatic rings. The Bertz CT molecular complexity index is 815. The third-order valence-corrected chi connectivity index (χ3v) is 4.74. The molecule has 0 spiro atoms. The van der Waals surface area contributed by atoms with Crippen molar-refractivity contribution in [3.05, 3.63) is 41.2 Å². The molecular formula is C18H16ClFN2O5. The second kappa shape index (κ2) is 7.87. The van der Waals surface area contributed by atoms with Gasteiger partial charge >= 0.3 is 5.97 Å². The van der Waals surface area contributed by atoms with Gasteiger partial charge < -0.3 is 10.1 Å². The molecule has 0 bridgehead atoms. The van der Waals surface area contributed by atoms with E-state index < -0.39 is 54.5 Å². The zero-order valence-electron chi connectivity index (χ0n) is 14.1. The van der Waals surface area contributed by atoms with Crippen molar-refractivity contribution in [2.45, 2.75) is 12.8 Å². The number of hydrogen-bond donors (Lipinski definition) is 1. The van der Waals surface area contributed by atoms with Crippen LogP contribution in [0.1, 0.15) is 12.8 Å². The molecular weight excluding hydrogens is 379 g/mol. The highest BCUT2D eigenvalue weighted by Crippen LogP contribution is 2.34. The Kier molecular flexibility index (Phi) is 5.55. The van der Waals surface area contributed by atoms with Gasteiger partial charge in [0, 0.05) is 5.69 Å². The van der Waals surface area contributed by atoms with Gasteiger partial charge in [0.1, 0.15) is 12.4 Å². The summed E-state index contributed by atoms with van der Waals surface area (Å²) in [6.07, 6.45) is 4.65. The summed E-state index contributed by atoms with van der Waals surface area (Å²) < 4.78 is 17.9.